The molecule has 0 aromatic heterocycles. The minimum atomic E-state index is 0. The van der Waals surface area contributed by atoms with Crippen LogP contribution in [0.2, 0.25) is 0 Å². The van der Waals surface area contributed by atoms with Gasteiger partial charge in [-0.05, 0) is 19.8 Å². The van der Waals surface area contributed by atoms with Crippen molar-refractivity contribution < 1.29 is 0 Å². The van der Waals surface area contributed by atoms with E-state index in [1.54, 1.807) is 0 Å². The fraction of sp³-hybridized carbons (Fsp3) is 0.667. The first-order valence-electron chi connectivity index (χ1n) is 2.64. The number of hydrogen-bond donors (Lipinski definition) is 1. The molecule has 0 aliphatic rings. The highest BCUT2D eigenvalue weighted by Crippen LogP contribution is 1.91. The van der Waals surface area contributed by atoms with Crippen molar-refractivity contribution in [2.75, 3.05) is 0 Å². The summed E-state index contributed by atoms with van der Waals surface area (Å²) in [5.41, 5.74) is 5.43. The highest BCUT2D eigenvalue weighted by Gasteiger charge is 1.87. The maximum Gasteiger partial charge on any atom is 0.00134 e. The maximum absolute atomic E-state index is 5.43. The SMILES string of the molecule is C=CCC[C@@H](C)N.Cl. The van der Waals surface area contributed by atoms with E-state index in [4.69, 9.17) is 5.73 Å². The predicted molar refractivity (Wildman–Crippen MR) is 40.3 cm³/mol. The second-order valence-electron chi connectivity index (χ2n) is 1.84. The number of nitrogens with two attached hydrogens (primary N) is 1. The van der Waals surface area contributed by atoms with Gasteiger partial charge in [0, 0.05) is 6.04 Å². The van der Waals surface area contributed by atoms with E-state index in [1.807, 2.05) is 13.0 Å². The molecule has 1 nitrogen and oxygen atoms in total. The zero-order valence-corrected chi connectivity index (χ0v) is 6.08. The molecule has 0 aliphatic heterocycles. The molecule has 8 heavy (non-hydrogen) atoms. The summed E-state index contributed by atoms with van der Waals surface area (Å²) < 4.78 is 0. The third-order valence-corrected chi connectivity index (χ3v) is 0.826. The van der Waals surface area contributed by atoms with E-state index in [0.29, 0.717) is 6.04 Å². The fourth-order valence-electron chi connectivity index (χ4n) is 0.381. The molecule has 0 rings (SSSR count). The molecule has 1 atom stereocenters. The highest BCUT2D eigenvalue weighted by atomic mass is 35.5. The Hall–Kier alpha value is -0.0100. The topological polar surface area (TPSA) is 26.0 Å². The summed E-state index contributed by atoms with van der Waals surface area (Å²) in [6.07, 6.45) is 3.99. The van der Waals surface area contributed by atoms with Crippen LogP contribution in [0.1, 0.15) is 19.8 Å². The fourth-order valence-corrected chi connectivity index (χ4v) is 0.381. The van der Waals surface area contributed by atoms with Crippen molar-refractivity contribution in [3.63, 3.8) is 0 Å². The van der Waals surface area contributed by atoms with Crippen LogP contribution < -0.4 is 5.73 Å². The number of allylic oxidation sites excluding steroid dienone is 1. The van der Waals surface area contributed by atoms with E-state index in [2.05, 4.69) is 6.58 Å². The van der Waals surface area contributed by atoms with Crippen molar-refractivity contribution >= 4 is 12.4 Å². The molecule has 0 spiro atoms. The van der Waals surface area contributed by atoms with Crippen LogP contribution in [0.15, 0.2) is 12.7 Å². The Morgan fingerprint density at radius 1 is 1.75 bits per heavy atom. The van der Waals surface area contributed by atoms with Gasteiger partial charge in [0.2, 0.25) is 0 Å². The lowest BCUT2D eigenvalue weighted by Gasteiger charge is -1.97. The Kier molecular flexibility index (Phi) is 9.51. The lowest BCUT2D eigenvalue weighted by atomic mass is 10.2. The maximum atomic E-state index is 5.43. The molecule has 50 valence electrons. The zero-order chi connectivity index (χ0) is 5.70. The molecule has 0 radical (unpaired) electrons. The molecule has 2 heteroatoms. The van der Waals surface area contributed by atoms with Gasteiger partial charge >= 0.3 is 0 Å². The molecule has 0 saturated carbocycles. The molecule has 0 saturated heterocycles. The van der Waals surface area contributed by atoms with Gasteiger partial charge in [0.05, 0.1) is 0 Å². The van der Waals surface area contributed by atoms with Gasteiger partial charge < -0.3 is 5.73 Å². The van der Waals surface area contributed by atoms with Gasteiger partial charge in [-0.1, -0.05) is 6.08 Å². The van der Waals surface area contributed by atoms with Crippen LogP contribution in [-0.2, 0) is 0 Å². The lowest BCUT2D eigenvalue weighted by molar-refractivity contribution is 0.676. The van der Waals surface area contributed by atoms with Gasteiger partial charge in [0.15, 0.2) is 0 Å². The van der Waals surface area contributed by atoms with Gasteiger partial charge in [0.25, 0.3) is 0 Å². The third-order valence-electron chi connectivity index (χ3n) is 0.826. The molecular weight excluding hydrogens is 122 g/mol. The molecule has 0 heterocycles. The van der Waals surface area contributed by atoms with E-state index < -0.39 is 0 Å². The van der Waals surface area contributed by atoms with E-state index in [0.717, 1.165) is 12.8 Å². The van der Waals surface area contributed by atoms with Gasteiger partial charge in [0.1, 0.15) is 0 Å². The first-order valence-corrected chi connectivity index (χ1v) is 2.64. The summed E-state index contributed by atoms with van der Waals surface area (Å²) in [6, 6.07) is 0.331. The van der Waals surface area contributed by atoms with Gasteiger partial charge in [-0.2, -0.15) is 0 Å². The predicted octanol–water partition coefficient (Wildman–Crippen LogP) is 1.72. The minimum absolute atomic E-state index is 0. The zero-order valence-electron chi connectivity index (χ0n) is 5.26. The quantitative estimate of drug-likeness (QED) is 0.586. The van der Waals surface area contributed by atoms with E-state index in [9.17, 15) is 0 Å². The molecule has 0 aromatic carbocycles. The van der Waals surface area contributed by atoms with Gasteiger partial charge in [-0.3, -0.25) is 0 Å². The largest absolute Gasteiger partial charge is 0.328 e. The van der Waals surface area contributed by atoms with Crippen LogP contribution in [0.5, 0.6) is 0 Å². The van der Waals surface area contributed by atoms with E-state index >= 15 is 0 Å². The molecule has 0 aliphatic carbocycles. The van der Waals surface area contributed by atoms with Crippen LogP contribution in [0.3, 0.4) is 0 Å². The number of halogens is 1. The smallest absolute Gasteiger partial charge is 0.00134 e. The van der Waals surface area contributed by atoms with Crippen LogP contribution in [0.4, 0.5) is 0 Å². The summed E-state index contributed by atoms with van der Waals surface area (Å²) in [5.74, 6) is 0. The van der Waals surface area contributed by atoms with Crippen molar-refractivity contribution in [3.05, 3.63) is 12.7 Å². The second-order valence-corrected chi connectivity index (χ2v) is 1.84. The van der Waals surface area contributed by atoms with Crippen molar-refractivity contribution in [1.82, 2.24) is 0 Å². The third kappa shape index (κ3) is 9.37. The highest BCUT2D eigenvalue weighted by molar-refractivity contribution is 5.85. The molecular formula is C6H14ClN. The Labute approximate surface area is 57.4 Å². The van der Waals surface area contributed by atoms with Crippen molar-refractivity contribution in [3.8, 4) is 0 Å². The number of rotatable bonds is 3. The summed E-state index contributed by atoms with van der Waals surface area (Å²) in [4.78, 5) is 0. The Bertz CT molecular complexity index is 52.5. The molecule has 0 bridgehead atoms. The lowest BCUT2D eigenvalue weighted by Crippen LogP contribution is -2.13. The van der Waals surface area contributed by atoms with Crippen molar-refractivity contribution in [2.45, 2.75) is 25.8 Å². The van der Waals surface area contributed by atoms with Crippen LogP contribution >= 0.6 is 12.4 Å². The van der Waals surface area contributed by atoms with Crippen molar-refractivity contribution in [1.29, 1.82) is 0 Å². The van der Waals surface area contributed by atoms with E-state index in [-0.39, 0.29) is 12.4 Å². The minimum Gasteiger partial charge on any atom is -0.328 e. The first kappa shape index (κ1) is 10.9. The Balaban J connectivity index is 0. The molecule has 0 amide bonds. The molecule has 0 fully saturated rings. The molecule has 0 aromatic rings. The van der Waals surface area contributed by atoms with Gasteiger partial charge in [-0.15, -0.1) is 19.0 Å². The monoisotopic (exact) mass is 135 g/mol. The van der Waals surface area contributed by atoms with Crippen molar-refractivity contribution in [2.24, 2.45) is 5.73 Å². The first-order chi connectivity index (χ1) is 3.27. The summed E-state index contributed by atoms with van der Waals surface area (Å²) in [6.45, 7) is 5.58. The van der Waals surface area contributed by atoms with E-state index in [1.165, 1.54) is 0 Å². The second kappa shape index (κ2) is 6.99. The average Bonchev–Trinajstić information content (AvgIpc) is 1.61. The molecule has 2 N–H and O–H groups in total. The van der Waals surface area contributed by atoms with Crippen LogP contribution in [0.25, 0.3) is 0 Å². The summed E-state index contributed by atoms with van der Waals surface area (Å²) in [7, 11) is 0. The van der Waals surface area contributed by atoms with Gasteiger partial charge in [-0.25, -0.2) is 0 Å². The normalized spacial score (nSPS) is 11.8. The Morgan fingerprint density at radius 2 is 2.25 bits per heavy atom. The summed E-state index contributed by atoms with van der Waals surface area (Å²) >= 11 is 0. The number of hydrogen-bond acceptors (Lipinski definition) is 1. The van der Waals surface area contributed by atoms with Crippen LogP contribution in [0, 0.1) is 0 Å². The summed E-state index contributed by atoms with van der Waals surface area (Å²) in [5, 5.41) is 0. The standard InChI is InChI=1S/C6H13N.ClH/c1-3-4-5-6(2)7;/h3,6H,1,4-5,7H2,2H3;1H/t6-;/m1./s1. The Morgan fingerprint density at radius 3 is 2.38 bits per heavy atom. The van der Waals surface area contributed by atoms with Crippen LogP contribution in [-0.4, -0.2) is 6.04 Å². The molecule has 0 unspecified atom stereocenters. The average molecular weight is 136 g/mol.